The minimum Gasteiger partial charge on any atom is -0.493 e. The molecule has 0 bridgehead atoms. The number of para-hydroxylation sites is 2. The second kappa shape index (κ2) is 10.1. The standard InChI is InChI=1S/C23H24O5/c1-24-21-13-7-14-22(25-2)23(21)27-16-8-15-26-19-11-6-12-20(17-19)28-18-9-4-3-5-10-18/h3-7,9-14,17H,8,15-16H2,1-2H3. The van der Waals surface area contributed by atoms with Crippen LogP contribution in [0.4, 0.5) is 0 Å². The molecular formula is C23H24O5. The van der Waals surface area contributed by atoms with Gasteiger partial charge in [-0.3, -0.25) is 0 Å². The summed E-state index contributed by atoms with van der Waals surface area (Å²) in [4.78, 5) is 0. The van der Waals surface area contributed by atoms with Crippen molar-refractivity contribution in [3.8, 4) is 34.5 Å². The van der Waals surface area contributed by atoms with Crippen LogP contribution < -0.4 is 23.7 Å². The number of rotatable bonds is 10. The molecule has 5 nitrogen and oxygen atoms in total. The van der Waals surface area contributed by atoms with Gasteiger partial charge in [0, 0.05) is 12.5 Å². The summed E-state index contributed by atoms with van der Waals surface area (Å²) in [6.45, 7) is 1.00. The fourth-order valence-electron chi connectivity index (χ4n) is 2.63. The Kier molecular flexibility index (Phi) is 7.01. The largest absolute Gasteiger partial charge is 0.493 e. The number of methoxy groups -OCH3 is 2. The van der Waals surface area contributed by atoms with Crippen molar-refractivity contribution in [2.75, 3.05) is 27.4 Å². The first-order valence-electron chi connectivity index (χ1n) is 9.09. The van der Waals surface area contributed by atoms with Gasteiger partial charge in [-0.05, 0) is 36.4 Å². The Bertz CT molecular complexity index is 842. The summed E-state index contributed by atoms with van der Waals surface area (Å²) in [6, 6.07) is 22.8. The highest BCUT2D eigenvalue weighted by Gasteiger charge is 2.10. The molecule has 5 heteroatoms. The lowest BCUT2D eigenvalue weighted by molar-refractivity contribution is 0.232. The van der Waals surface area contributed by atoms with Gasteiger partial charge in [0.15, 0.2) is 11.5 Å². The monoisotopic (exact) mass is 380 g/mol. The van der Waals surface area contributed by atoms with E-state index in [4.69, 9.17) is 23.7 Å². The molecule has 0 aromatic heterocycles. The van der Waals surface area contributed by atoms with E-state index < -0.39 is 0 Å². The Morgan fingerprint density at radius 2 is 1.21 bits per heavy atom. The highest BCUT2D eigenvalue weighted by Crippen LogP contribution is 2.36. The summed E-state index contributed by atoms with van der Waals surface area (Å²) >= 11 is 0. The Morgan fingerprint density at radius 3 is 1.93 bits per heavy atom. The molecule has 3 rings (SSSR count). The van der Waals surface area contributed by atoms with Crippen LogP contribution in [0.1, 0.15) is 6.42 Å². The van der Waals surface area contributed by atoms with Crippen LogP contribution in [0.2, 0.25) is 0 Å². The van der Waals surface area contributed by atoms with Crippen LogP contribution in [0.25, 0.3) is 0 Å². The van der Waals surface area contributed by atoms with E-state index in [-0.39, 0.29) is 0 Å². The molecule has 28 heavy (non-hydrogen) atoms. The molecule has 0 aliphatic heterocycles. The Balaban J connectivity index is 1.48. The maximum atomic E-state index is 5.84. The molecule has 0 saturated carbocycles. The van der Waals surface area contributed by atoms with Gasteiger partial charge in [0.25, 0.3) is 0 Å². The maximum absolute atomic E-state index is 5.84. The zero-order valence-electron chi connectivity index (χ0n) is 16.1. The molecule has 0 fully saturated rings. The van der Waals surface area contributed by atoms with Gasteiger partial charge in [-0.25, -0.2) is 0 Å². The fraction of sp³-hybridized carbons (Fsp3) is 0.217. The SMILES string of the molecule is COc1cccc(OC)c1OCCCOc1cccc(Oc2ccccc2)c1. The zero-order valence-corrected chi connectivity index (χ0v) is 16.1. The van der Waals surface area contributed by atoms with Gasteiger partial charge in [-0.1, -0.05) is 30.3 Å². The lowest BCUT2D eigenvalue weighted by Gasteiger charge is -2.14. The molecule has 0 aliphatic carbocycles. The number of benzene rings is 3. The maximum Gasteiger partial charge on any atom is 0.203 e. The summed E-state index contributed by atoms with van der Waals surface area (Å²) in [6.07, 6.45) is 0.713. The van der Waals surface area contributed by atoms with Gasteiger partial charge >= 0.3 is 0 Å². The van der Waals surface area contributed by atoms with Crippen molar-refractivity contribution in [3.05, 3.63) is 72.8 Å². The Morgan fingerprint density at radius 1 is 0.607 bits per heavy atom. The first kappa shape index (κ1) is 19.4. The topological polar surface area (TPSA) is 46.2 Å². The van der Waals surface area contributed by atoms with Crippen molar-refractivity contribution in [2.45, 2.75) is 6.42 Å². The predicted octanol–water partition coefficient (Wildman–Crippen LogP) is 5.34. The highest BCUT2D eigenvalue weighted by molar-refractivity contribution is 5.51. The summed E-state index contributed by atoms with van der Waals surface area (Å²) in [7, 11) is 3.21. The lowest BCUT2D eigenvalue weighted by Crippen LogP contribution is -2.06. The van der Waals surface area contributed by atoms with Crippen LogP contribution in [0, 0.1) is 0 Å². The summed E-state index contributed by atoms with van der Waals surface area (Å²) in [5.41, 5.74) is 0. The first-order chi connectivity index (χ1) is 13.8. The smallest absolute Gasteiger partial charge is 0.203 e. The van der Waals surface area contributed by atoms with Gasteiger partial charge in [0.05, 0.1) is 27.4 Å². The zero-order chi connectivity index (χ0) is 19.6. The third-order valence-electron chi connectivity index (χ3n) is 3.97. The lowest BCUT2D eigenvalue weighted by atomic mass is 10.3. The molecular weight excluding hydrogens is 356 g/mol. The average molecular weight is 380 g/mol. The van der Waals surface area contributed by atoms with Gasteiger partial charge in [0.2, 0.25) is 5.75 Å². The van der Waals surface area contributed by atoms with E-state index in [0.29, 0.717) is 36.9 Å². The van der Waals surface area contributed by atoms with E-state index in [0.717, 1.165) is 17.2 Å². The molecule has 146 valence electrons. The molecule has 0 atom stereocenters. The molecule has 0 heterocycles. The Hall–Kier alpha value is -3.34. The van der Waals surface area contributed by atoms with Crippen molar-refractivity contribution in [2.24, 2.45) is 0 Å². The normalized spacial score (nSPS) is 10.2. The summed E-state index contributed by atoms with van der Waals surface area (Å²) < 4.78 is 28.1. The van der Waals surface area contributed by atoms with Gasteiger partial charge < -0.3 is 23.7 Å². The van der Waals surface area contributed by atoms with E-state index in [1.165, 1.54) is 0 Å². The molecule has 0 radical (unpaired) electrons. The van der Waals surface area contributed by atoms with Crippen molar-refractivity contribution >= 4 is 0 Å². The predicted molar refractivity (Wildman–Crippen MR) is 108 cm³/mol. The van der Waals surface area contributed by atoms with Gasteiger partial charge in [0.1, 0.15) is 17.2 Å². The average Bonchev–Trinajstić information content (AvgIpc) is 2.74. The van der Waals surface area contributed by atoms with E-state index >= 15 is 0 Å². The highest BCUT2D eigenvalue weighted by atomic mass is 16.5. The minimum atomic E-state index is 0.483. The van der Waals surface area contributed by atoms with Crippen molar-refractivity contribution in [1.29, 1.82) is 0 Å². The van der Waals surface area contributed by atoms with Crippen LogP contribution in [-0.2, 0) is 0 Å². The quantitative estimate of drug-likeness (QED) is 0.444. The van der Waals surface area contributed by atoms with E-state index in [1.54, 1.807) is 14.2 Å². The fourth-order valence-corrected chi connectivity index (χ4v) is 2.63. The van der Waals surface area contributed by atoms with E-state index in [2.05, 4.69) is 0 Å². The molecule has 0 amide bonds. The molecule has 3 aromatic carbocycles. The molecule has 3 aromatic rings. The van der Waals surface area contributed by atoms with Crippen LogP contribution in [0.3, 0.4) is 0 Å². The molecule has 0 N–H and O–H groups in total. The van der Waals surface area contributed by atoms with E-state index in [1.807, 2.05) is 72.8 Å². The first-order valence-corrected chi connectivity index (χ1v) is 9.09. The minimum absolute atomic E-state index is 0.483. The molecule has 0 aliphatic rings. The van der Waals surface area contributed by atoms with Gasteiger partial charge in [-0.15, -0.1) is 0 Å². The Labute approximate surface area is 165 Å². The second-order valence-electron chi connectivity index (χ2n) is 5.93. The summed E-state index contributed by atoms with van der Waals surface area (Å²) in [5, 5.41) is 0. The molecule has 0 unspecified atom stereocenters. The number of hydrogen-bond donors (Lipinski definition) is 0. The van der Waals surface area contributed by atoms with Crippen LogP contribution in [0.5, 0.6) is 34.5 Å². The third-order valence-corrected chi connectivity index (χ3v) is 3.97. The van der Waals surface area contributed by atoms with E-state index in [9.17, 15) is 0 Å². The molecule has 0 spiro atoms. The second-order valence-corrected chi connectivity index (χ2v) is 5.93. The number of hydrogen-bond acceptors (Lipinski definition) is 5. The summed E-state index contributed by atoms with van der Waals surface area (Å²) in [5.74, 6) is 4.17. The third kappa shape index (κ3) is 5.33. The van der Waals surface area contributed by atoms with Crippen molar-refractivity contribution in [3.63, 3.8) is 0 Å². The van der Waals surface area contributed by atoms with Crippen LogP contribution in [-0.4, -0.2) is 27.4 Å². The van der Waals surface area contributed by atoms with Crippen molar-refractivity contribution < 1.29 is 23.7 Å². The number of ether oxygens (including phenoxy) is 5. The van der Waals surface area contributed by atoms with Gasteiger partial charge in [-0.2, -0.15) is 0 Å². The van der Waals surface area contributed by atoms with Crippen LogP contribution >= 0.6 is 0 Å². The van der Waals surface area contributed by atoms with Crippen LogP contribution in [0.15, 0.2) is 72.8 Å². The molecule has 0 saturated heterocycles. The van der Waals surface area contributed by atoms with Crippen molar-refractivity contribution in [1.82, 2.24) is 0 Å².